The van der Waals surface area contributed by atoms with Crippen molar-refractivity contribution in [3.8, 4) is 0 Å². The van der Waals surface area contributed by atoms with Crippen LogP contribution in [0.4, 0.5) is 13.2 Å². The molecule has 2 aromatic carbocycles. The average molecular weight is 328 g/mol. The first-order valence-corrected chi connectivity index (χ1v) is 6.83. The summed E-state index contributed by atoms with van der Waals surface area (Å²) in [6.07, 6.45) is -4.45. The Morgan fingerprint density at radius 2 is 1.68 bits per heavy atom. The van der Waals surface area contributed by atoms with Gasteiger partial charge in [-0.25, -0.2) is 0 Å². The minimum absolute atomic E-state index is 0.0397. The summed E-state index contributed by atoms with van der Waals surface area (Å²) >= 11 is 5.94. The fourth-order valence-electron chi connectivity index (χ4n) is 2.10. The highest BCUT2D eigenvalue weighted by atomic mass is 35.5. The van der Waals surface area contributed by atoms with Crippen molar-refractivity contribution >= 4 is 17.5 Å². The van der Waals surface area contributed by atoms with Gasteiger partial charge in [0.15, 0.2) is 0 Å². The van der Waals surface area contributed by atoms with Crippen molar-refractivity contribution < 1.29 is 18.0 Å². The number of hydrogen-bond donors (Lipinski definition) is 0. The molecule has 2 aromatic rings. The lowest BCUT2D eigenvalue weighted by molar-refractivity contribution is -0.138. The molecule has 0 N–H and O–H groups in total. The van der Waals surface area contributed by atoms with Crippen LogP contribution in [0.1, 0.15) is 21.5 Å². The van der Waals surface area contributed by atoms with Crippen molar-refractivity contribution in [3.05, 3.63) is 70.2 Å². The van der Waals surface area contributed by atoms with Crippen LogP contribution in [0.3, 0.4) is 0 Å². The van der Waals surface area contributed by atoms with Gasteiger partial charge < -0.3 is 4.90 Å². The van der Waals surface area contributed by atoms with E-state index in [4.69, 9.17) is 11.6 Å². The summed E-state index contributed by atoms with van der Waals surface area (Å²) < 4.78 is 38.9. The van der Waals surface area contributed by atoms with Crippen molar-refractivity contribution in [2.24, 2.45) is 0 Å². The maximum absolute atomic E-state index is 13.0. The smallest absolute Gasteiger partial charge is 0.337 e. The van der Waals surface area contributed by atoms with E-state index >= 15 is 0 Å². The molecule has 0 spiro atoms. The van der Waals surface area contributed by atoms with Gasteiger partial charge in [0.1, 0.15) is 0 Å². The van der Waals surface area contributed by atoms with E-state index in [0.717, 1.165) is 6.07 Å². The predicted octanol–water partition coefficient (Wildman–Crippen LogP) is 4.63. The topological polar surface area (TPSA) is 20.3 Å². The van der Waals surface area contributed by atoms with Crippen molar-refractivity contribution in [3.63, 3.8) is 0 Å². The van der Waals surface area contributed by atoms with Crippen LogP contribution in [-0.4, -0.2) is 17.9 Å². The number of rotatable bonds is 3. The van der Waals surface area contributed by atoms with Crippen LogP contribution in [0.15, 0.2) is 48.5 Å². The van der Waals surface area contributed by atoms with E-state index in [1.54, 1.807) is 18.2 Å². The molecule has 0 saturated carbocycles. The molecule has 22 heavy (non-hydrogen) atoms. The Morgan fingerprint density at radius 1 is 1.09 bits per heavy atom. The highest BCUT2D eigenvalue weighted by Crippen LogP contribution is 2.32. The van der Waals surface area contributed by atoms with Gasteiger partial charge in [-0.2, -0.15) is 13.2 Å². The Balaban J connectivity index is 2.25. The van der Waals surface area contributed by atoms with E-state index in [0.29, 0.717) is 0 Å². The Hall–Kier alpha value is -2.01. The van der Waals surface area contributed by atoms with Gasteiger partial charge in [-0.15, -0.1) is 0 Å². The standard InChI is InChI=1S/C16H13ClF3NO/c1-21(15(22)12-7-3-5-9-14(12)17)10-11-6-2-4-8-13(11)16(18,19)20/h2-9H,10H2,1H3. The summed E-state index contributed by atoms with van der Waals surface area (Å²) in [5.74, 6) is -0.428. The molecule has 0 aliphatic carbocycles. The first kappa shape index (κ1) is 16.4. The lowest BCUT2D eigenvalue weighted by Gasteiger charge is -2.20. The number of amides is 1. The van der Waals surface area contributed by atoms with Crippen LogP contribution in [0.25, 0.3) is 0 Å². The van der Waals surface area contributed by atoms with Crippen molar-refractivity contribution in [2.45, 2.75) is 12.7 Å². The molecular weight excluding hydrogens is 315 g/mol. The quantitative estimate of drug-likeness (QED) is 0.804. The van der Waals surface area contributed by atoms with Crippen LogP contribution in [-0.2, 0) is 12.7 Å². The van der Waals surface area contributed by atoms with Gasteiger partial charge in [-0.3, -0.25) is 4.79 Å². The maximum Gasteiger partial charge on any atom is 0.416 e. The largest absolute Gasteiger partial charge is 0.416 e. The zero-order valence-corrected chi connectivity index (χ0v) is 12.4. The second-order valence-electron chi connectivity index (χ2n) is 4.80. The van der Waals surface area contributed by atoms with Crippen LogP contribution in [0, 0.1) is 0 Å². The summed E-state index contributed by atoms with van der Waals surface area (Å²) in [6.45, 7) is -0.153. The van der Waals surface area contributed by atoms with Crippen LogP contribution < -0.4 is 0 Å². The lowest BCUT2D eigenvalue weighted by atomic mass is 10.1. The van der Waals surface area contributed by atoms with Crippen LogP contribution in [0.5, 0.6) is 0 Å². The van der Waals surface area contributed by atoms with Gasteiger partial charge in [0.25, 0.3) is 5.91 Å². The highest BCUT2D eigenvalue weighted by molar-refractivity contribution is 6.33. The summed E-state index contributed by atoms with van der Waals surface area (Å²) in [6, 6.07) is 11.6. The van der Waals surface area contributed by atoms with E-state index in [2.05, 4.69) is 0 Å². The monoisotopic (exact) mass is 327 g/mol. The van der Waals surface area contributed by atoms with Gasteiger partial charge in [0.2, 0.25) is 0 Å². The van der Waals surface area contributed by atoms with Crippen LogP contribution in [0.2, 0.25) is 5.02 Å². The first-order chi connectivity index (χ1) is 10.3. The molecular formula is C16H13ClF3NO. The number of benzene rings is 2. The molecule has 0 bridgehead atoms. The van der Waals surface area contributed by atoms with Gasteiger partial charge in [0.05, 0.1) is 16.1 Å². The molecule has 0 heterocycles. The summed E-state index contributed by atoms with van der Waals surface area (Å²) in [7, 11) is 1.44. The van der Waals surface area contributed by atoms with Gasteiger partial charge in [-0.05, 0) is 23.8 Å². The number of alkyl halides is 3. The average Bonchev–Trinajstić information content (AvgIpc) is 2.46. The molecule has 6 heteroatoms. The van der Waals surface area contributed by atoms with E-state index in [1.165, 1.54) is 36.2 Å². The molecule has 0 unspecified atom stereocenters. The zero-order chi connectivity index (χ0) is 16.3. The van der Waals surface area contributed by atoms with Crippen molar-refractivity contribution in [1.29, 1.82) is 0 Å². The molecule has 0 fully saturated rings. The lowest BCUT2D eigenvalue weighted by Crippen LogP contribution is -2.27. The third-order valence-electron chi connectivity index (χ3n) is 3.18. The van der Waals surface area contributed by atoms with E-state index in [9.17, 15) is 18.0 Å². The number of nitrogens with zero attached hydrogens (tertiary/aromatic N) is 1. The van der Waals surface area contributed by atoms with E-state index in [-0.39, 0.29) is 22.7 Å². The zero-order valence-electron chi connectivity index (χ0n) is 11.7. The number of carbonyl (C=O) groups excluding carboxylic acids is 1. The second kappa shape index (κ2) is 6.40. The number of hydrogen-bond acceptors (Lipinski definition) is 1. The van der Waals surface area contributed by atoms with Crippen LogP contribution >= 0.6 is 11.6 Å². The Kier molecular flexibility index (Phi) is 4.76. The Morgan fingerprint density at radius 3 is 2.32 bits per heavy atom. The number of halogens is 4. The summed E-state index contributed by atoms with van der Waals surface area (Å²) in [5, 5.41) is 0.267. The van der Waals surface area contributed by atoms with Crippen molar-refractivity contribution in [2.75, 3.05) is 7.05 Å². The number of carbonyl (C=O) groups is 1. The second-order valence-corrected chi connectivity index (χ2v) is 5.20. The SMILES string of the molecule is CN(Cc1ccccc1C(F)(F)F)C(=O)c1ccccc1Cl. The minimum atomic E-state index is -4.45. The molecule has 116 valence electrons. The van der Waals surface area contributed by atoms with Gasteiger partial charge in [0, 0.05) is 13.6 Å². The molecule has 1 amide bonds. The third-order valence-corrected chi connectivity index (χ3v) is 3.51. The van der Waals surface area contributed by atoms with Crippen molar-refractivity contribution in [1.82, 2.24) is 4.90 Å². The van der Waals surface area contributed by atoms with E-state index in [1.807, 2.05) is 0 Å². The highest BCUT2D eigenvalue weighted by Gasteiger charge is 2.33. The molecule has 2 rings (SSSR count). The molecule has 0 atom stereocenters. The third kappa shape index (κ3) is 3.60. The fraction of sp³-hybridized carbons (Fsp3) is 0.188. The summed E-state index contributed by atoms with van der Waals surface area (Å²) in [4.78, 5) is 13.5. The molecule has 0 saturated heterocycles. The molecule has 0 aliphatic rings. The Bertz CT molecular complexity index is 685. The molecule has 2 nitrogen and oxygen atoms in total. The molecule has 0 radical (unpaired) electrons. The van der Waals surface area contributed by atoms with Gasteiger partial charge >= 0.3 is 6.18 Å². The van der Waals surface area contributed by atoms with Gasteiger partial charge in [-0.1, -0.05) is 41.9 Å². The molecule has 0 aromatic heterocycles. The summed E-state index contributed by atoms with van der Waals surface area (Å²) in [5.41, 5.74) is -0.442. The first-order valence-electron chi connectivity index (χ1n) is 6.46. The fourth-order valence-corrected chi connectivity index (χ4v) is 2.32. The minimum Gasteiger partial charge on any atom is -0.337 e. The molecule has 0 aliphatic heterocycles. The predicted molar refractivity (Wildman–Crippen MR) is 78.7 cm³/mol. The van der Waals surface area contributed by atoms with E-state index < -0.39 is 17.6 Å². The normalized spacial score (nSPS) is 11.3. The Labute approximate surface area is 131 Å². The maximum atomic E-state index is 13.0.